The first-order chi connectivity index (χ1) is 17.6. The number of anilines is 4. The third kappa shape index (κ3) is 4.90. The van der Waals surface area contributed by atoms with Crippen LogP contribution in [-0.2, 0) is 0 Å². The molecule has 0 unspecified atom stereocenters. The van der Waals surface area contributed by atoms with E-state index in [-0.39, 0.29) is 0 Å². The van der Waals surface area contributed by atoms with Gasteiger partial charge in [-0.2, -0.15) is 0 Å². The van der Waals surface area contributed by atoms with Gasteiger partial charge in [0, 0.05) is 16.5 Å². The van der Waals surface area contributed by atoms with E-state index in [9.17, 15) is 9.59 Å². The van der Waals surface area contributed by atoms with Crippen molar-refractivity contribution in [2.45, 2.75) is 0 Å². The second kappa shape index (κ2) is 10.1. The van der Waals surface area contributed by atoms with E-state index in [1.54, 1.807) is 18.2 Å². The van der Waals surface area contributed by atoms with Gasteiger partial charge in [-0.3, -0.25) is 0 Å². The Labute approximate surface area is 208 Å². The molecule has 0 aliphatic rings. The first kappa shape index (κ1) is 22.7. The van der Waals surface area contributed by atoms with Crippen LogP contribution >= 0.6 is 0 Å². The van der Waals surface area contributed by atoms with Crippen LogP contribution in [0.15, 0.2) is 103 Å². The van der Waals surface area contributed by atoms with Crippen LogP contribution in [-0.4, -0.2) is 19.2 Å². The molecule has 0 bridgehead atoms. The molecule has 7 nitrogen and oxygen atoms in total. The molecule has 4 N–H and O–H groups in total. The monoisotopic (exact) mass is 476 g/mol. The van der Waals surface area contributed by atoms with E-state index in [0.717, 1.165) is 21.5 Å². The van der Waals surface area contributed by atoms with Crippen LogP contribution in [0.1, 0.15) is 0 Å². The standard InChI is InChI=1S/C29H24N4O3/c1-36-27-17-16-21(30-28(34)31-24-14-6-10-19-8-2-4-12-22(19)24)18-26(27)33-29(35)32-25-15-7-11-20-9-3-5-13-23(20)25/h2-18H,1H3,(H2,30,31,34)(H2,32,33,35). The van der Waals surface area contributed by atoms with Crippen molar-refractivity contribution >= 4 is 56.4 Å². The lowest BCUT2D eigenvalue weighted by Gasteiger charge is -2.15. The predicted octanol–water partition coefficient (Wildman–Crippen LogP) is 7.29. The minimum absolute atomic E-state index is 0.400. The molecule has 4 amide bonds. The van der Waals surface area contributed by atoms with Crippen molar-refractivity contribution in [3.05, 3.63) is 103 Å². The number of fused-ring (bicyclic) bond motifs is 2. The van der Waals surface area contributed by atoms with Crippen molar-refractivity contribution in [2.24, 2.45) is 0 Å². The number of nitrogens with one attached hydrogen (secondary N) is 4. The number of methoxy groups -OCH3 is 1. The second-order valence-corrected chi connectivity index (χ2v) is 8.13. The predicted molar refractivity (Wildman–Crippen MR) is 146 cm³/mol. The number of amides is 4. The summed E-state index contributed by atoms with van der Waals surface area (Å²) in [5, 5.41) is 15.3. The SMILES string of the molecule is COc1ccc(NC(=O)Nc2cccc3ccccc23)cc1NC(=O)Nc1cccc2ccccc12. The molecule has 0 heterocycles. The Morgan fingerprint density at radius 2 is 1.06 bits per heavy atom. The van der Waals surface area contributed by atoms with E-state index in [1.807, 2.05) is 84.9 Å². The lowest BCUT2D eigenvalue weighted by molar-refractivity contribution is 0.261. The van der Waals surface area contributed by atoms with E-state index in [1.165, 1.54) is 7.11 Å². The molecule has 178 valence electrons. The smallest absolute Gasteiger partial charge is 0.323 e. The van der Waals surface area contributed by atoms with Crippen LogP contribution in [0.4, 0.5) is 32.3 Å². The summed E-state index contributed by atoms with van der Waals surface area (Å²) in [4.78, 5) is 25.5. The fraction of sp³-hybridized carbons (Fsp3) is 0.0345. The fourth-order valence-electron chi connectivity index (χ4n) is 4.11. The third-order valence-electron chi connectivity index (χ3n) is 5.78. The highest BCUT2D eigenvalue weighted by atomic mass is 16.5. The Kier molecular flexibility index (Phi) is 6.36. The van der Waals surface area contributed by atoms with Gasteiger partial charge in [-0.1, -0.05) is 72.8 Å². The van der Waals surface area contributed by atoms with Crippen LogP contribution in [0.25, 0.3) is 21.5 Å². The average Bonchev–Trinajstić information content (AvgIpc) is 2.89. The molecule has 0 aliphatic carbocycles. The molecular weight excluding hydrogens is 452 g/mol. The van der Waals surface area contributed by atoms with Gasteiger partial charge in [0.05, 0.1) is 24.2 Å². The van der Waals surface area contributed by atoms with Gasteiger partial charge in [-0.05, 0) is 41.1 Å². The summed E-state index contributed by atoms with van der Waals surface area (Å²) >= 11 is 0. The number of ether oxygens (including phenoxy) is 1. The molecule has 5 aromatic carbocycles. The van der Waals surface area contributed by atoms with Gasteiger partial charge in [0.25, 0.3) is 0 Å². The quantitative estimate of drug-likeness (QED) is 0.215. The van der Waals surface area contributed by atoms with Crippen molar-refractivity contribution in [1.82, 2.24) is 0 Å². The van der Waals surface area contributed by atoms with Crippen LogP contribution < -0.4 is 26.0 Å². The summed E-state index contributed by atoms with van der Waals surface area (Å²) in [7, 11) is 1.52. The largest absolute Gasteiger partial charge is 0.495 e. The Morgan fingerprint density at radius 3 is 1.64 bits per heavy atom. The van der Waals surface area contributed by atoms with Gasteiger partial charge in [-0.15, -0.1) is 0 Å². The van der Waals surface area contributed by atoms with E-state index in [0.29, 0.717) is 28.5 Å². The number of carbonyl (C=O) groups excluding carboxylic acids is 2. The third-order valence-corrected chi connectivity index (χ3v) is 5.78. The number of carbonyl (C=O) groups is 2. The normalized spacial score (nSPS) is 10.6. The zero-order valence-corrected chi connectivity index (χ0v) is 19.5. The summed E-state index contributed by atoms with van der Waals surface area (Å²) in [5.74, 6) is 0.461. The summed E-state index contributed by atoms with van der Waals surface area (Å²) < 4.78 is 5.40. The first-order valence-corrected chi connectivity index (χ1v) is 11.4. The lowest BCUT2D eigenvalue weighted by Crippen LogP contribution is -2.21. The summed E-state index contributed by atoms with van der Waals surface area (Å²) in [6, 6.07) is 31.3. The molecule has 0 atom stereocenters. The topological polar surface area (TPSA) is 91.5 Å². The Bertz CT molecular complexity index is 1570. The molecule has 5 aromatic rings. The van der Waals surface area contributed by atoms with Crippen molar-refractivity contribution in [2.75, 3.05) is 28.4 Å². The Hall–Kier alpha value is -5.04. The van der Waals surface area contributed by atoms with Gasteiger partial charge in [-0.25, -0.2) is 9.59 Å². The van der Waals surface area contributed by atoms with E-state index >= 15 is 0 Å². The molecule has 0 aromatic heterocycles. The molecule has 7 heteroatoms. The van der Waals surface area contributed by atoms with Gasteiger partial charge >= 0.3 is 12.1 Å². The van der Waals surface area contributed by atoms with Crippen LogP contribution in [0.3, 0.4) is 0 Å². The van der Waals surface area contributed by atoms with Gasteiger partial charge in [0.2, 0.25) is 0 Å². The maximum Gasteiger partial charge on any atom is 0.323 e. The molecule has 0 spiro atoms. The van der Waals surface area contributed by atoms with Crippen LogP contribution in [0, 0.1) is 0 Å². The molecule has 5 rings (SSSR count). The highest BCUT2D eigenvalue weighted by Crippen LogP contribution is 2.29. The zero-order chi connectivity index (χ0) is 24.9. The molecule has 0 saturated heterocycles. The van der Waals surface area contributed by atoms with Crippen LogP contribution in [0.5, 0.6) is 5.75 Å². The number of hydrogen-bond acceptors (Lipinski definition) is 3. The lowest BCUT2D eigenvalue weighted by atomic mass is 10.1. The van der Waals surface area contributed by atoms with Gasteiger partial charge < -0.3 is 26.0 Å². The summed E-state index contributed by atoms with van der Waals surface area (Å²) in [6.45, 7) is 0. The molecule has 0 aliphatic heterocycles. The highest BCUT2D eigenvalue weighted by Gasteiger charge is 2.12. The van der Waals surface area contributed by atoms with Crippen molar-refractivity contribution in [3.63, 3.8) is 0 Å². The Morgan fingerprint density at radius 1 is 0.556 bits per heavy atom. The van der Waals surface area contributed by atoms with Gasteiger partial charge in [0.15, 0.2) is 0 Å². The molecule has 0 radical (unpaired) electrons. The molecule has 0 fully saturated rings. The van der Waals surface area contributed by atoms with Crippen molar-refractivity contribution in [3.8, 4) is 5.75 Å². The molecule has 36 heavy (non-hydrogen) atoms. The fourth-order valence-corrected chi connectivity index (χ4v) is 4.11. The van der Waals surface area contributed by atoms with Crippen LogP contribution in [0.2, 0.25) is 0 Å². The number of rotatable bonds is 5. The Balaban J connectivity index is 1.31. The minimum atomic E-state index is -0.429. The number of benzene rings is 5. The maximum atomic E-state index is 12.8. The number of hydrogen-bond donors (Lipinski definition) is 4. The summed E-state index contributed by atoms with van der Waals surface area (Å²) in [5.41, 5.74) is 2.30. The molecular formula is C29H24N4O3. The zero-order valence-electron chi connectivity index (χ0n) is 19.5. The highest BCUT2D eigenvalue weighted by molar-refractivity contribution is 6.08. The van der Waals surface area contributed by atoms with E-state index < -0.39 is 12.1 Å². The average molecular weight is 477 g/mol. The van der Waals surface area contributed by atoms with Crippen molar-refractivity contribution < 1.29 is 14.3 Å². The van der Waals surface area contributed by atoms with Crippen molar-refractivity contribution in [1.29, 1.82) is 0 Å². The second-order valence-electron chi connectivity index (χ2n) is 8.13. The van der Waals surface area contributed by atoms with Gasteiger partial charge in [0.1, 0.15) is 5.75 Å². The summed E-state index contributed by atoms with van der Waals surface area (Å²) in [6.07, 6.45) is 0. The number of urea groups is 2. The van der Waals surface area contributed by atoms with E-state index in [2.05, 4.69) is 21.3 Å². The minimum Gasteiger partial charge on any atom is -0.495 e. The maximum absolute atomic E-state index is 12.8. The first-order valence-electron chi connectivity index (χ1n) is 11.4. The van der Waals surface area contributed by atoms with E-state index in [4.69, 9.17) is 4.74 Å². The molecule has 0 saturated carbocycles.